The molecule has 0 radical (unpaired) electrons. The zero-order valence-electron chi connectivity index (χ0n) is 20.6. The number of anilines is 1. The van der Waals surface area contributed by atoms with E-state index in [0.29, 0.717) is 26.3 Å². The molecule has 0 spiro atoms. The molecular weight excluding hydrogens is 478 g/mol. The number of hydrogen-bond acceptors (Lipinski definition) is 5. The maximum absolute atomic E-state index is 13.1. The van der Waals surface area contributed by atoms with Crippen molar-refractivity contribution in [2.24, 2.45) is 5.92 Å². The van der Waals surface area contributed by atoms with Crippen molar-refractivity contribution in [3.8, 4) is 5.75 Å². The monoisotopic (exact) mass is 509 g/mol. The van der Waals surface area contributed by atoms with E-state index in [2.05, 4.69) is 32.4 Å². The highest BCUT2D eigenvalue weighted by atomic mass is 35.5. The fourth-order valence-electron chi connectivity index (χ4n) is 4.76. The first-order valence-electron chi connectivity index (χ1n) is 12.5. The summed E-state index contributed by atoms with van der Waals surface area (Å²) in [4.78, 5) is 25.7. The maximum Gasteiger partial charge on any atom is 0.410 e. The molecule has 2 aliphatic rings. The van der Waals surface area contributed by atoms with Gasteiger partial charge in [0.05, 0.1) is 18.5 Å². The summed E-state index contributed by atoms with van der Waals surface area (Å²) in [6, 6.07) is 7.67. The number of carbonyl (C=O) groups excluding carboxylic acids is 1. The average molecular weight is 510 g/mol. The number of nitrogens with zero attached hydrogens (tertiary/aromatic N) is 2. The molecule has 0 bridgehead atoms. The topological polar surface area (TPSA) is 95.3 Å². The molecule has 3 heterocycles. The first-order chi connectivity index (χ1) is 17.5. The van der Waals surface area contributed by atoms with Gasteiger partial charge in [0.25, 0.3) is 0 Å². The Morgan fingerprint density at radius 2 is 2.14 bits per heavy atom. The summed E-state index contributed by atoms with van der Waals surface area (Å²) < 4.78 is 11.5. The van der Waals surface area contributed by atoms with Crippen LogP contribution < -0.4 is 20.6 Å². The van der Waals surface area contributed by atoms with Crippen molar-refractivity contribution in [2.75, 3.05) is 31.6 Å². The van der Waals surface area contributed by atoms with E-state index in [1.807, 2.05) is 43.0 Å². The Hall–Kier alpha value is -3.39. The van der Waals surface area contributed by atoms with Crippen LogP contribution in [0.25, 0.3) is 12.2 Å². The fraction of sp³-hybridized carbons (Fsp3) is 0.407. The second-order valence-electron chi connectivity index (χ2n) is 9.57. The number of aromatic amines is 2. The highest BCUT2D eigenvalue weighted by molar-refractivity contribution is 6.24. The van der Waals surface area contributed by atoms with E-state index in [-0.39, 0.29) is 23.4 Å². The van der Waals surface area contributed by atoms with Gasteiger partial charge in [0, 0.05) is 35.2 Å². The van der Waals surface area contributed by atoms with Gasteiger partial charge in [0.2, 0.25) is 0 Å². The molecule has 5 rings (SSSR count). The van der Waals surface area contributed by atoms with E-state index < -0.39 is 0 Å². The number of ether oxygens (including phenoxy) is 2. The number of carbonyl (C=O) groups is 1. The van der Waals surface area contributed by atoms with Crippen molar-refractivity contribution < 1.29 is 14.3 Å². The zero-order chi connectivity index (χ0) is 25.1. The van der Waals surface area contributed by atoms with Gasteiger partial charge < -0.3 is 24.8 Å². The number of alkyl halides is 1. The number of H-pyrrole nitrogens is 2. The minimum Gasteiger partial charge on any atom is -0.492 e. The number of nitrogens with one attached hydrogen (secondary N) is 3. The van der Waals surface area contributed by atoms with Crippen molar-refractivity contribution in [2.45, 2.75) is 38.1 Å². The molecule has 2 aromatic heterocycles. The van der Waals surface area contributed by atoms with Crippen LogP contribution in [0, 0.1) is 5.92 Å². The first-order valence-corrected chi connectivity index (χ1v) is 12.9. The minimum atomic E-state index is -0.292. The maximum atomic E-state index is 13.1. The van der Waals surface area contributed by atoms with E-state index in [9.17, 15) is 4.79 Å². The van der Waals surface area contributed by atoms with E-state index in [4.69, 9.17) is 21.1 Å². The molecule has 9 heteroatoms. The third-order valence-electron chi connectivity index (χ3n) is 6.42. The summed E-state index contributed by atoms with van der Waals surface area (Å²) in [5, 5.41) is 5.41. The smallest absolute Gasteiger partial charge is 0.410 e. The highest BCUT2D eigenvalue weighted by Gasteiger charge is 2.35. The number of hydrogen-bond donors (Lipinski definition) is 3. The van der Waals surface area contributed by atoms with Gasteiger partial charge in [0.15, 0.2) is 5.95 Å². The second kappa shape index (κ2) is 10.7. The first kappa shape index (κ1) is 24.3. The van der Waals surface area contributed by atoms with Crippen LogP contribution >= 0.6 is 11.6 Å². The molecule has 2 unspecified atom stereocenters. The van der Waals surface area contributed by atoms with Crippen molar-refractivity contribution in [3.05, 3.63) is 64.0 Å². The summed E-state index contributed by atoms with van der Waals surface area (Å²) in [6.45, 7) is 6.17. The molecule has 2 atom stereocenters. The van der Waals surface area contributed by atoms with Crippen LogP contribution in [-0.2, 0) is 11.2 Å². The molecular formula is C27H32ClN5O3. The van der Waals surface area contributed by atoms with Gasteiger partial charge in [-0.1, -0.05) is 38.1 Å². The molecule has 3 N–H and O–H groups in total. The summed E-state index contributed by atoms with van der Waals surface area (Å²) in [7, 11) is 0. The zero-order valence-corrected chi connectivity index (χ0v) is 21.3. The van der Waals surface area contributed by atoms with Crippen molar-refractivity contribution in [1.82, 2.24) is 19.9 Å². The standard InChI is InChI=1S/C27H32ClN5O3/c1-17(2)16-36-27(34)33-13-9-21-22-15-19(28)5-8-23(22)32-24(21)25(33)18-3-6-20(7-4-18)35-14-12-31-26-29-10-11-30-26/h3-4,6-8,10-11,15,17,19,25,32H,5,9,12-14,16H2,1-2H3,(H2,29,30,31). The predicted molar refractivity (Wildman–Crippen MR) is 141 cm³/mol. The Balaban J connectivity index is 1.38. The normalized spacial score (nSPS) is 18.6. The summed E-state index contributed by atoms with van der Waals surface area (Å²) in [5.41, 5.74) is 3.26. The Labute approximate surface area is 215 Å². The largest absolute Gasteiger partial charge is 0.492 e. The van der Waals surface area contributed by atoms with Crippen LogP contribution in [0.5, 0.6) is 5.75 Å². The quantitative estimate of drug-likeness (QED) is 0.319. The van der Waals surface area contributed by atoms with Crippen LogP contribution in [-0.4, -0.2) is 57.6 Å². The molecule has 1 aliphatic heterocycles. The average Bonchev–Trinajstić information content (AvgIpc) is 3.52. The number of benzene rings is 1. The molecule has 8 nitrogen and oxygen atoms in total. The van der Waals surface area contributed by atoms with E-state index in [1.165, 1.54) is 10.8 Å². The number of halogens is 1. The van der Waals surface area contributed by atoms with Gasteiger partial charge in [-0.15, -0.1) is 11.6 Å². The summed E-state index contributed by atoms with van der Waals surface area (Å²) in [6.07, 6.45) is 9.00. The van der Waals surface area contributed by atoms with Crippen molar-refractivity contribution in [1.29, 1.82) is 0 Å². The molecule has 1 aromatic carbocycles. The lowest BCUT2D eigenvalue weighted by molar-refractivity contribution is 0.0796. The van der Waals surface area contributed by atoms with Crippen LogP contribution in [0.2, 0.25) is 0 Å². The molecule has 0 fully saturated rings. The van der Waals surface area contributed by atoms with Gasteiger partial charge in [-0.3, -0.25) is 4.90 Å². The lowest BCUT2D eigenvalue weighted by atomic mass is 9.92. The van der Waals surface area contributed by atoms with Crippen molar-refractivity contribution in [3.63, 3.8) is 0 Å². The van der Waals surface area contributed by atoms with E-state index in [1.54, 1.807) is 12.4 Å². The van der Waals surface area contributed by atoms with Crippen LogP contribution in [0.4, 0.5) is 10.7 Å². The Kier molecular flexibility index (Phi) is 7.23. The molecule has 36 heavy (non-hydrogen) atoms. The molecule has 1 aliphatic carbocycles. The van der Waals surface area contributed by atoms with Gasteiger partial charge in [-0.2, -0.15) is 0 Å². The second-order valence-corrected chi connectivity index (χ2v) is 10.1. The molecule has 0 saturated carbocycles. The van der Waals surface area contributed by atoms with E-state index in [0.717, 1.165) is 41.1 Å². The Morgan fingerprint density at radius 3 is 2.89 bits per heavy atom. The number of fused-ring (bicyclic) bond motifs is 3. The van der Waals surface area contributed by atoms with E-state index >= 15 is 0 Å². The fourth-order valence-corrected chi connectivity index (χ4v) is 4.97. The summed E-state index contributed by atoms with van der Waals surface area (Å²) in [5.74, 6) is 1.76. The number of imidazole rings is 1. The summed E-state index contributed by atoms with van der Waals surface area (Å²) >= 11 is 6.44. The number of rotatable bonds is 8. The SMILES string of the molecule is CC(C)COC(=O)N1CCc2c([nH]c3c2=CC(Cl)CC=3)C1c1ccc(OCCNc2ncc[nH]2)cc1. The van der Waals surface area contributed by atoms with Gasteiger partial charge in [-0.25, -0.2) is 9.78 Å². The highest BCUT2D eigenvalue weighted by Crippen LogP contribution is 2.34. The lowest BCUT2D eigenvalue weighted by Gasteiger charge is -2.35. The minimum absolute atomic E-state index is 0.0106. The third kappa shape index (κ3) is 5.23. The molecule has 190 valence electrons. The molecule has 1 amide bonds. The number of amides is 1. The molecule has 0 saturated heterocycles. The molecule has 3 aromatic rings. The Morgan fingerprint density at radius 1 is 1.31 bits per heavy atom. The predicted octanol–water partition coefficient (Wildman–Crippen LogP) is 3.54. The van der Waals surface area contributed by atoms with Gasteiger partial charge in [-0.05, 0) is 42.0 Å². The van der Waals surface area contributed by atoms with Crippen LogP contribution in [0.3, 0.4) is 0 Å². The lowest BCUT2D eigenvalue weighted by Crippen LogP contribution is -2.42. The Bertz CT molecular complexity index is 1300. The van der Waals surface area contributed by atoms with Crippen LogP contribution in [0.1, 0.15) is 43.1 Å². The van der Waals surface area contributed by atoms with Gasteiger partial charge >= 0.3 is 6.09 Å². The third-order valence-corrected chi connectivity index (χ3v) is 6.73. The number of aromatic nitrogens is 3. The van der Waals surface area contributed by atoms with Crippen molar-refractivity contribution >= 4 is 35.8 Å². The van der Waals surface area contributed by atoms with Gasteiger partial charge in [0.1, 0.15) is 18.4 Å². The van der Waals surface area contributed by atoms with Crippen LogP contribution in [0.15, 0.2) is 36.7 Å².